The molecule has 0 heterocycles. The van der Waals surface area contributed by atoms with Crippen LogP contribution in [0, 0.1) is 34.5 Å². The van der Waals surface area contributed by atoms with E-state index in [1.807, 2.05) is 12.1 Å². The fourth-order valence-electron chi connectivity index (χ4n) is 9.43. The van der Waals surface area contributed by atoms with Gasteiger partial charge in [-0.15, -0.1) is 0 Å². The SMILES string of the molecule is CO[C@@H]1C[C@H](S(=O)(=O)c2ccc(-c3ccc(S(C)(=O)=O)cc3)cc2C(F)(F)F)C[C@H]1C(=O)NC1(C#N)CC1.CO[C@H]1C[C@@H](S(=O)(=O)c2ccc(-c3ccc(S(C)(=O)=O)cc3)cc2C(F)(F)F)C[C@@H]1C(=O)NC1(C#N)CC1. The fraction of sp³-hybridized carbons (Fsp3) is 0.440. The number of ether oxygens (including phenoxy) is 2. The summed E-state index contributed by atoms with van der Waals surface area (Å²) in [4.78, 5) is 23.8. The molecule has 16 nitrogen and oxygen atoms in total. The van der Waals surface area contributed by atoms with Gasteiger partial charge in [0.15, 0.2) is 39.3 Å². The molecule has 4 aromatic rings. The Balaban J connectivity index is 0.000000221. The van der Waals surface area contributed by atoms with Crippen LogP contribution in [0.3, 0.4) is 0 Å². The fourth-order valence-corrected chi connectivity index (χ4v) is 14.7. The molecule has 6 atom stereocenters. The summed E-state index contributed by atoms with van der Waals surface area (Å²) < 4.78 is 196. The third kappa shape index (κ3) is 12.3. The number of alkyl halides is 6. The zero-order valence-electron chi connectivity index (χ0n) is 40.9. The Labute approximate surface area is 435 Å². The molecule has 4 aliphatic rings. The molecular formula is C50H50F6N4O12S4. The van der Waals surface area contributed by atoms with E-state index >= 15 is 0 Å². The van der Waals surface area contributed by atoms with E-state index in [4.69, 9.17) is 9.47 Å². The summed E-state index contributed by atoms with van der Waals surface area (Å²) in [6.07, 6.45) is -8.66. The van der Waals surface area contributed by atoms with Crippen molar-refractivity contribution in [1.29, 1.82) is 10.5 Å². The summed E-state index contributed by atoms with van der Waals surface area (Å²) in [6.45, 7) is 0. The maximum atomic E-state index is 14.1. The quantitative estimate of drug-likeness (QED) is 0.120. The van der Waals surface area contributed by atoms with Crippen LogP contribution in [0.25, 0.3) is 22.3 Å². The van der Waals surface area contributed by atoms with E-state index < -0.39 is 130 Å². The van der Waals surface area contributed by atoms with E-state index in [0.717, 1.165) is 36.8 Å². The number of benzene rings is 4. The smallest absolute Gasteiger partial charge is 0.381 e. The number of carbonyl (C=O) groups is 2. The van der Waals surface area contributed by atoms with Gasteiger partial charge in [-0.2, -0.15) is 36.9 Å². The van der Waals surface area contributed by atoms with Crippen LogP contribution in [-0.4, -0.2) is 106 Å². The molecule has 26 heteroatoms. The molecular weight excluding hydrogens is 1090 g/mol. The number of hydrogen-bond donors (Lipinski definition) is 2. The monoisotopic (exact) mass is 1140 g/mol. The second-order valence-electron chi connectivity index (χ2n) is 19.4. The number of nitrogens with one attached hydrogen (secondary N) is 2. The molecule has 0 radical (unpaired) electrons. The number of nitriles is 2. The summed E-state index contributed by atoms with van der Waals surface area (Å²) in [7, 11) is -13.5. The lowest BCUT2D eigenvalue weighted by Gasteiger charge is -2.19. The molecule has 4 aliphatic carbocycles. The molecule has 0 unspecified atom stereocenters. The highest BCUT2D eigenvalue weighted by atomic mass is 32.2. The van der Waals surface area contributed by atoms with Crippen molar-refractivity contribution >= 4 is 51.2 Å². The predicted octanol–water partition coefficient (Wildman–Crippen LogP) is 7.03. The molecule has 76 heavy (non-hydrogen) atoms. The first kappa shape index (κ1) is 57.8. The normalized spacial score (nSPS) is 23.0. The minimum Gasteiger partial charge on any atom is -0.381 e. The Kier molecular flexibility index (Phi) is 15.8. The molecule has 2 N–H and O–H groups in total. The van der Waals surface area contributed by atoms with Gasteiger partial charge < -0.3 is 20.1 Å². The molecule has 8 rings (SSSR count). The minimum atomic E-state index is -5.01. The highest BCUT2D eigenvalue weighted by Gasteiger charge is 2.53. The number of carbonyl (C=O) groups excluding carboxylic acids is 2. The van der Waals surface area contributed by atoms with Gasteiger partial charge in [0.25, 0.3) is 0 Å². The highest BCUT2D eigenvalue weighted by Crippen LogP contribution is 2.45. The summed E-state index contributed by atoms with van der Waals surface area (Å²) in [6, 6.07) is 20.1. The number of sulfone groups is 4. The van der Waals surface area contributed by atoms with Crippen molar-refractivity contribution in [2.24, 2.45) is 11.8 Å². The Hall–Kier alpha value is -5.90. The first-order chi connectivity index (χ1) is 35.2. The highest BCUT2D eigenvalue weighted by molar-refractivity contribution is 7.92. The van der Waals surface area contributed by atoms with Crippen molar-refractivity contribution in [3.63, 3.8) is 0 Å². The Morgan fingerprint density at radius 2 is 0.829 bits per heavy atom. The molecule has 0 aromatic heterocycles. The Morgan fingerprint density at radius 3 is 1.08 bits per heavy atom. The largest absolute Gasteiger partial charge is 0.417 e. The van der Waals surface area contributed by atoms with E-state index in [1.165, 1.54) is 74.9 Å². The van der Waals surface area contributed by atoms with Crippen LogP contribution in [0.5, 0.6) is 0 Å². The van der Waals surface area contributed by atoms with Crippen LogP contribution in [0.15, 0.2) is 105 Å². The Bertz CT molecular complexity index is 3250. The van der Waals surface area contributed by atoms with Crippen LogP contribution in [0.1, 0.15) is 62.5 Å². The molecule has 0 bridgehead atoms. The molecule has 4 aromatic carbocycles. The zero-order chi connectivity index (χ0) is 56.2. The third-order valence-corrected chi connectivity index (χ3v) is 20.9. The lowest BCUT2D eigenvalue weighted by molar-refractivity contribution is -0.140. The van der Waals surface area contributed by atoms with Crippen LogP contribution in [0.4, 0.5) is 26.3 Å². The van der Waals surface area contributed by atoms with Gasteiger partial charge in [0.1, 0.15) is 11.1 Å². The molecule has 0 saturated heterocycles. The van der Waals surface area contributed by atoms with Gasteiger partial charge in [0.05, 0.1) is 77.4 Å². The molecule has 0 spiro atoms. The Morgan fingerprint density at radius 1 is 0.526 bits per heavy atom. The van der Waals surface area contributed by atoms with Crippen molar-refractivity contribution in [1.82, 2.24) is 10.6 Å². The summed E-state index contributed by atoms with van der Waals surface area (Å²) in [5.74, 6) is -2.99. The molecule has 2 amide bonds. The van der Waals surface area contributed by atoms with E-state index in [-0.39, 0.29) is 57.7 Å². The average molecular weight is 1140 g/mol. The van der Waals surface area contributed by atoms with Crippen LogP contribution in [0.2, 0.25) is 0 Å². The van der Waals surface area contributed by atoms with Crippen LogP contribution < -0.4 is 10.6 Å². The zero-order valence-corrected chi connectivity index (χ0v) is 44.2. The number of hydrogen-bond acceptors (Lipinski definition) is 14. The molecule has 408 valence electrons. The van der Waals surface area contributed by atoms with Crippen LogP contribution in [-0.2, 0) is 70.8 Å². The number of nitrogens with zero attached hydrogens (tertiary/aromatic N) is 2. The third-order valence-electron chi connectivity index (χ3n) is 14.1. The maximum Gasteiger partial charge on any atom is 0.417 e. The second-order valence-corrected chi connectivity index (χ2v) is 27.8. The summed E-state index contributed by atoms with van der Waals surface area (Å²) >= 11 is 0. The van der Waals surface area contributed by atoms with Crippen molar-refractivity contribution in [3.05, 3.63) is 96.1 Å². The van der Waals surface area contributed by atoms with Crippen molar-refractivity contribution in [2.45, 2.75) is 117 Å². The number of amides is 2. The minimum absolute atomic E-state index is 0.00797. The lowest BCUT2D eigenvalue weighted by Crippen LogP contribution is -2.42. The van der Waals surface area contributed by atoms with Gasteiger partial charge in [-0.05, 0) is 122 Å². The standard InChI is InChI=1S/2C25H25F3N2O6S2/c2*1-36-21-13-18(12-19(21)23(31)30-24(14-29)9-10-24)38(34,35)22-8-5-16(11-20(22)25(26,27)28)15-3-6-17(7-4-15)37(2,32)33/h2*3-8,11,18-19,21H,9-10,12-13H2,1-2H3,(H,30,31)/t2*18-,19-,21-/m10/s1. The number of methoxy groups -OCH3 is 2. The van der Waals surface area contributed by atoms with Gasteiger partial charge in [-0.1, -0.05) is 36.4 Å². The predicted molar refractivity (Wildman–Crippen MR) is 260 cm³/mol. The van der Waals surface area contributed by atoms with Gasteiger partial charge in [-0.3, -0.25) is 9.59 Å². The number of rotatable bonds is 14. The average Bonchev–Trinajstić information content (AvgIpc) is 4.21. The van der Waals surface area contributed by atoms with E-state index in [1.54, 1.807) is 0 Å². The first-order valence-electron chi connectivity index (χ1n) is 23.3. The summed E-state index contributed by atoms with van der Waals surface area (Å²) in [5, 5.41) is 21.1. The van der Waals surface area contributed by atoms with Crippen molar-refractivity contribution < 1.29 is 79.1 Å². The van der Waals surface area contributed by atoms with Gasteiger partial charge in [-0.25, -0.2) is 33.7 Å². The molecule has 0 aliphatic heterocycles. The summed E-state index contributed by atoms with van der Waals surface area (Å²) in [5.41, 5.74) is -4.01. The van der Waals surface area contributed by atoms with Gasteiger partial charge >= 0.3 is 12.4 Å². The maximum absolute atomic E-state index is 14.1. The van der Waals surface area contributed by atoms with Gasteiger partial charge in [0, 0.05) is 26.7 Å². The first-order valence-corrected chi connectivity index (χ1v) is 30.1. The number of halogens is 6. The van der Waals surface area contributed by atoms with E-state index in [9.17, 15) is 80.1 Å². The molecule has 4 fully saturated rings. The van der Waals surface area contributed by atoms with Crippen molar-refractivity contribution in [2.75, 3.05) is 26.7 Å². The lowest BCUT2D eigenvalue weighted by atomic mass is 10.0. The molecule has 4 saturated carbocycles. The van der Waals surface area contributed by atoms with Gasteiger partial charge in [0.2, 0.25) is 11.8 Å². The van der Waals surface area contributed by atoms with E-state index in [0.29, 0.717) is 25.7 Å². The van der Waals surface area contributed by atoms with Crippen LogP contribution >= 0.6 is 0 Å². The van der Waals surface area contributed by atoms with E-state index in [2.05, 4.69) is 10.6 Å². The second kappa shape index (κ2) is 20.8. The van der Waals surface area contributed by atoms with Crippen molar-refractivity contribution in [3.8, 4) is 34.4 Å². The topological polar surface area (TPSA) is 261 Å².